The first kappa shape index (κ1) is 21.6. The molecule has 1 N–H and O–H groups in total. The lowest BCUT2D eigenvalue weighted by molar-refractivity contribution is -0.141. The van der Waals surface area contributed by atoms with Gasteiger partial charge in [-0.25, -0.2) is 4.39 Å². The number of aliphatic hydroxyl groups excluding tert-OH is 1. The highest BCUT2D eigenvalue weighted by Crippen LogP contribution is 2.22. The molecule has 3 rings (SSSR count). The van der Waals surface area contributed by atoms with Gasteiger partial charge in [0.05, 0.1) is 12.1 Å². The van der Waals surface area contributed by atoms with Crippen molar-refractivity contribution in [2.24, 2.45) is 0 Å². The van der Waals surface area contributed by atoms with E-state index in [0.717, 1.165) is 5.56 Å². The number of ether oxygens (including phenoxy) is 1. The molecule has 1 fully saturated rings. The SMILES string of the molecule is CC(O)[C@H]1CN(C(=O)COc2ccc(Cl)cc2)[C@H](C)CN1Cc1ccc(F)cc1. The molecule has 2 aromatic carbocycles. The largest absolute Gasteiger partial charge is 0.484 e. The van der Waals surface area contributed by atoms with Crippen LogP contribution in [0.3, 0.4) is 0 Å². The fraction of sp³-hybridized carbons (Fsp3) is 0.409. The second-order valence-corrected chi connectivity index (χ2v) is 7.94. The number of amides is 1. The normalized spacial score (nSPS) is 21.1. The van der Waals surface area contributed by atoms with Gasteiger partial charge in [0.2, 0.25) is 0 Å². The van der Waals surface area contributed by atoms with E-state index in [-0.39, 0.29) is 30.4 Å². The lowest BCUT2D eigenvalue weighted by Crippen LogP contribution is -2.62. The molecule has 0 bridgehead atoms. The van der Waals surface area contributed by atoms with Gasteiger partial charge in [0.1, 0.15) is 11.6 Å². The Hall–Kier alpha value is -2.15. The van der Waals surface area contributed by atoms with Crippen molar-refractivity contribution in [1.82, 2.24) is 9.80 Å². The molecule has 0 saturated carbocycles. The summed E-state index contributed by atoms with van der Waals surface area (Å²) in [7, 11) is 0. The van der Waals surface area contributed by atoms with E-state index < -0.39 is 6.10 Å². The number of hydrogen-bond acceptors (Lipinski definition) is 4. The predicted molar refractivity (Wildman–Crippen MR) is 110 cm³/mol. The second-order valence-electron chi connectivity index (χ2n) is 7.50. The van der Waals surface area contributed by atoms with E-state index in [9.17, 15) is 14.3 Å². The maximum Gasteiger partial charge on any atom is 0.260 e. The van der Waals surface area contributed by atoms with Gasteiger partial charge in [-0.1, -0.05) is 23.7 Å². The van der Waals surface area contributed by atoms with Crippen LogP contribution in [0.5, 0.6) is 5.75 Å². The van der Waals surface area contributed by atoms with Crippen LogP contribution in [0.4, 0.5) is 4.39 Å². The Balaban J connectivity index is 1.63. The number of piperazine rings is 1. The average Bonchev–Trinajstić information content (AvgIpc) is 2.69. The number of benzene rings is 2. The van der Waals surface area contributed by atoms with Gasteiger partial charge in [-0.2, -0.15) is 0 Å². The third-order valence-electron chi connectivity index (χ3n) is 5.24. The average molecular weight is 421 g/mol. The van der Waals surface area contributed by atoms with E-state index in [1.165, 1.54) is 12.1 Å². The lowest BCUT2D eigenvalue weighted by atomic mass is 10.0. The lowest BCUT2D eigenvalue weighted by Gasteiger charge is -2.46. The smallest absolute Gasteiger partial charge is 0.260 e. The van der Waals surface area contributed by atoms with Gasteiger partial charge >= 0.3 is 0 Å². The van der Waals surface area contributed by atoms with E-state index in [1.54, 1.807) is 48.2 Å². The number of hydrogen-bond donors (Lipinski definition) is 1. The molecule has 2 aromatic rings. The highest BCUT2D eigenvalue weighted by atomic mass is 35.5. The van der Waals surface area contributed by atoms with Gasteiger partial charge in [-0.15, -0.1) is 0 Å². The number of carbonyl (C=O) groups is 1. The zero-order chi connectivity index (χ0) is 21.0. The van der Waals surface area contributed by atoms with E-state index in [0.29, 0.717) is 30.4 Å². The van der Waals surface area contributed by atoms with Crippen LogP contribution >= 0.6 is 11.6 Å². The third-order valence-corrected chi connectivity index (χ3v) is 5.49. The molecular formula is C22H26ClFN2O3. The summed E-state index contributed by atoms with van der Waals surface area (Å²) in [5.41, 5.74) is 0.968. The first-order valence-electron chi connectivity index (χ1n) is 9.68. The Bertz CT molecular complexity index is 814. The molecule has 1 aliphatic rings. The fourth-order valence-corrected chi connectivity index (χ4v) is 3.77. The molecule has 1 aliphatic heterocycles. The van der Waals surface area contributed by atoms with Crippen molar-refractivity contribution >= 4 is 17.5 Å². The fourth-order valence-electron chi connectivity index (χ4n) is 3.64. The van der Waals surface area contributed by atoms with E-state index in [2.05, 4.69) is 4.90 Å². The van der Waals surface area contributed by atoms with E-state index in [1.807, 2.05) is 6.92 Å². The molecule has 0 spiro atoms. The van der Waals surface area contributed by atoms with Crippen molar-refractivity contribution in [3.8, 4) is 5.75 Å². The molecule has 3 atom stereocenters. The molecule has 7 heteroatoms. The molecular weight excluding hydrogens is 395 g/mol. The maximum absolute atomic E-state index is 13.2. The standard InChI is InChI=1S/C22H26ClFN2O3/c1-15-11-25(12-17-3-7-19(24)8-4-17)21(16(2)27)13-26(15)22(28)14-29-20-9-5-18(23)6-10-20/h3-10,15-16,21,27H,11-14H2,1-2H3/t15-,16?,21-/m1/s1. The van der Waals surface area contributed by atoms with Gasteiger partial charge in [0, 0.05) is 30.7 Å². The molecule has 0 aliphatic carbocycles. The summed E-state index contributed by atoms with van der Waals surface area (Å²) in [5, 5.41) is 10.9. The number of aliphatic hydroxyl groups is 1. The van der Waals surface area contributed by atoms with Gasteiger partial charge in [0.25, 0.3) is 5.91 Å². The Morgan fingerprint density at radius 2 is 1.86 bits per heavy atom. The van der Waals surface area contributed by atoms with Crippen LogP contribution in [-0.4, -0.2) is 58.7 Å². The van der Waals surface area contributed by atoms with Gasteiger partial charge in [-0.05, 0) is 55.8 Å². The molecule has 5 nitrogen and oxygen atoms in total. The molecule has 0 aromatic heterocycles. The number of nitrogens with zero attached hydrogens (tertiary/aromatic N) is 2. The van der Waals surface area contributed by atoms with Crippen molar-refractivity contribution in [2.75, 3.05) is 19.7 Å². The van der Waals surface area contributed by atoms with Gasteiger partial charge in [-0.3, -0.25) is 9.69 Å². The van der Waals surface area contributed by atoms with Crippen LogP contribution < -0.4 is 4.74 Å². The van der Waals surface area contributed by atoms with Crippen LogP contribution in [0, 0.1) is 5.82 Å². The monoisotopic (exact) mass is 420 g/mol. The number of carbonyl (C=O) groups excluding carboxylic acids is 1. The molecule has 0 radical (unpaired) electrons. The zero-order valence-electron chi connectivity index (χ0n) is 16.6. The molecule has 156 valence electrons. The summed E-state index contributed by atoms with van der Waals surface area (Å²) in [6.45, 7) is 5.24. The van der Waals surface area contributed by atoms with Gasteiger partial charge in [0.15, 0.2) is 6.61 Å². The van der Waals surface area contributed by atoms with Crippen molar-refractivity contribution in [2.45, 2.75) is 38.6 Å². The van der Waals surface area contributed by atoms with E-state index >= 15 is 0 Å². The molecule has 1 amide bonds. The number of halogens is 2. The summed E-state index contributed by atoms with van der Waals surface area (Å²) in [4.78, 5) is 16.7. The minimum atomic E-state index is -0.615. The van der Waals surface area contributed by atoms with Crippen molar-refractivity contribution < 1.29 is 19.0 Å². The first-order chi connectivity index (χ1) is 13.8. The summed E-state index contributed by atoms with van der Waals surface area (Å²) in [5.74, 6) is 0.183. The highest BCUT2D eigenvalue weighted by molar-refractivity contribution is 6.30. The second kappa shape index (κ2) is 9.57. The van der Waals surface area contributed by atoms with Crippen molar-refractivity contribution in [3.05, 3.63) is 64.9 Å². The topological polar surface area (TPSA) is 53.0 Å². The van der Waals surface area contributed by atoms with Gasteiger partial charge < -0.3 is 14.7 Å². The minimum Gasteiger partial charge on any atom is -0.484 e. The highest BCUT2D eigenvalue weighted by Gasteiger charge is 2.36. The van der Waals surface area contributed by atoms with Crippen molar-refractivity contribution in [1.29, 1.82) is 0 Å². The molecule has 1 heterocycles. The van der Waals surface area contributed by atoms with Crippen LogP contribution in [0.1, 0.15) is 19.4 Å². The first-order valence-corrected chi connectivity index (χ1v) is 10.1. The Labute approximate surface area is 175 Å². The minimum absolute atomic E-state index is 0.0354. The Morgan fingerprint density at radius 3 is 2.48 bits per heavy atom. The maximum atomic E-state index is 13.2. The van der Waals surface area contributed by atoms with Crippen LogP contribution in [0.15, 0.2) is 48.5 Å². The summed E-state index contributed by atoms with van der Waals surface area (Å²) in [6.07, 6.45) is -0.615. The van der Waals surface area contributed by atoms with Crippen LogP contribution in [-0.2, 0) is 11.3 Å². The quantitative estimate of drug-likeness (QED) is 0.778. The predicted octanol–water partition coefficient (Wildman–Crippen LogP) is 3.34. The molecule has 29 heavy (non-hydrogen) atoms. The summed E-state index contributed by atoms with van der Waals surface area (Å²) >= 11 is 5.86. The van der Waals surface area contributed by atoms with E-state index in [4.69, 9.17) is 16.3 Å². The third kappa shape index (κ3) is 5.69. The van der Waals surface area contributed by atoms with Crippen LogP contribution in [0.25, 0.3) is 0 Å². The molecule has 1 unspecified atom stereocenters. The molecule has 1 saturated heterocycles. The Morgan fingerprint density at radius 1 is 1.21 bits per heavy atom. The summed E-state index contributed by atoms with van der Waals surface area (Å²) in [6, 6.07) is 13.0. The summed E-state index contributed by atoms with van der Waals surface area (Å²) < 4.78 is 18.8. The number of rotatable bonds is 6. The Kier molecular flexibility index (Phi) is 7.11. The zero-order valence-corrected chi connectivity index (χ0v) is 17.3. The van der Waals surface area contributed by atoms with Crippen LogP contribution in [0.2, 0.25) is 5.02 Å². The van der Waals surface area contributed by atoms with Crippen molar-refractivity contribution in [3.63, 3.8) is 0 Å².